The van der Waals surface area contributed by atoms with Crippen LogP contribution >= 0.6 is 0 Å². The zero-order chi connectivity index (χ0) is 20.8. The summed E-state index contributed by atoms with van der Waals surface area (Å²) < 4.78 is 9.43. The highest BCUT2D eigenvalue weighted by Crippen LogP contribution is 2.18. The molecule has 0 spiro atoms. The van der Waals surface area contributed by atoms with Crippen molar-refractivity contribution >= 4 is 5.78 Å². The van der Waals surface area contributed by atoms with Crippen LogP contribution in [-0.2, 0) is 25.9 Å². The molecule has 0 unspecified atom stereocenters. The fourth-order valence-corrected chi connectivity index (χ4v) is 3.76. The van der Waals surface area contributed by atoms with E-state index in [0.29, 0.717) is 6.54 Å². The summed E-state index contributed by atoms with van der Waals surface area (Å²) in [5.74, 6) is 1.03. The van der Waals surface area contributed by atoms with Gasteiger partial charge in [-0.3, -0.25) is 4.79 Å². The average molecular weight is 392 g/mol. The summed E-state index contributed by atoms with van der Waals surface area (Å²) in [7, 11) is 1.68. The molecule has 0 radical (unpaired) electrons. The van der Waals surface area contributed by atoms with E-state index in [-0.39, 0.29) is 5.78 Å². The van der Waals surface area contributed by atoms with Crippen LogP contribution in [-0.4, -0.2) is 17.5 Å². The SMILES string of the molecule is CCCc1cc[n+](CC(=O)c2cc(C)n(CCc3ccc(OC)cc3)c2C)cc1. The monoisotopic (exact) mass is 391 g/mol. The first kappa shape index (κ1) is 20.8. The van der Waals surface area contributed by atoms with Crippen LogP contribution in [0, 0.1) is 13.8 Å². The van der Waals surface area contributed by atoms with Crippen LogP contribution in [0.1, 0.15) is 46.2 Å². The normalized spacial score (nSPS) is 10.9. The molecule has 4 heteroatoms. The van der Waals surface area contributed by atoms with Crippen molar-refractivity contribution < 1.29 is 14.1 Å². The summed E-state index contributed by atoms with van der Waals surface area (Å²) in [4.78, 5) is 12.9. The van der Waals surface area contributed by atoms with Crippen molar-refractivity contribution in [1.29, 1.82) is 0 Å². The largest absolute Gasteiger partial charge is 0.497 e. The number of methoxy groups -OCH3 is 1. The Bertz CT molecular complexity index is 954. The Morgan fingerprint density at radius 3 is 2.28 bits per heavy atom. The van der Waals surface area contributed by atoms with Crippen molar-refractivity contribution in [3.63, 3.8) is 0 Å². The smallest absolute Gasteiger partial charge is 0.229 e. The summed E-state index contributed by atoms with van der Waals surface area (Å²) in [6, 6.07) is 14.4. The van der Waals surface area contributed by atoms with Gasteiger partial charge in [-0.1, -0.05) is 25.5 Å². The Hall–Kier alpha value is -2.88. The molecule has 152 valence electrons. The Kier molecular flexibility index (Phi) is 6.86. The second kappa shape index (κ2) is 9.55. The molecule has 3 rings (SSSR count). The summed E-state index contributed by atoms with van der Waals surface area (Å²) >= 11 is 0. The predicted molar refractivity (Wildman–Crippen MR) is 116 cm³/mol. The molecule has 0 saturated heterocycles. The topological polar surface area (TPSA) is 35.1 Å². The Labute approximate surface area is 173 Å². The summed E-state index contributed by atoms with van der Waals surface area (Å²) in [5, 5.41) is 0. The van der Waals surface area contributed by atoms with Gasteiger partial charge < -0.3 is 9.30 Å². The van der Waals surface area contributed by atoms with Crippen molar-refractivity contribution in [2.24, 2.45) is 0 Å². The van der Waals surface area contributed by atoms with Crippen LogP contribution in [0.4, 0.5) is 0 Å². The van der Waals surface area contributed by atoms with E-state index in [1.54, 1.807) is 7.11 Å². The van der Waals surface area contributed by atoms with Crippen molar-refractivity contribution in [2.75, 3.05) is 7.11 Å². The molecule has 0 N–H and O–H groups in total. The molecule has 0 aliphatic rings. The van der Waals surface area contributed by atoms with Gasteiger partial charge in [0.15, 0.2) is 12.4 Å². The van der Waals surface area contributed by atoms with E-state index in [9.17, 15) is 4.79 Å². The average Bonchev–Trinajstić information content (AvgIpc) is 3.02. The van der Waals surface area contributed by atoms with E-state index in [2.05, 4.69) is 42.7 Å². The number of nitrogens with zero attached hydrogens (tertiary/aromatic N) is 2. The molecule has 0 bridgehead atoms. The number of ether oxygens (including phenoxy) is 1. The minimum absolute atomic E-state index is 0.155. The molecule has 3 aromatic rings. The van der Waals surface area contributed by atoms with Gasteiger partial charge in [0.2, 0.25) is 12.3 Å². The number of ketones is 1. The first-order valence-corrected chi connectivity index (χ1v) is 10.3. The number of carbonyl (C=O) groups is 1. The molecule has 0 aliphatic heterocycles. The van der Waals surface area contributed by atoms with Crippen LogP contribution < -0.4 is 9.30 Å². The molecule has 0 atom stereocenters. The number of hydrogen-bond acceptors (Lipinski definition) is 2. The lowest BCUT2D eigenvalue weighted by molar-refractivity contribution is -0.683. The van der Waals surface area contributed by atoms with Crippen molar-refractivity contribution in [3.05, 3.63) is 82.9 Å². The zero-order valence-electron chi connectivity index (χ0n) is 17.9. The number of rotatable bonds is 9. The molecule has 1 aromatic carbocycles. The first-order valence-electron chi connectivity index (χ1n) is 10.3. The van der Waals surface area contributed by atoms with E-state index in [1.165, 1.54) is 11.1 Å². The molecule has 0 amide bonds. The number of Topliss-reactive ketones (excluding diaryl/α,β-unsaturated/α-hetero) is 1. The molecule has 2 aromatic heterocycles. The number of aromatic nitrogens is 2. The number of carbonyl (C=O) groups excluding carboxylic acids is 1. The molecule has 2 heterocycles. The van der Waals surface area contributed by atoms with Crippen molar-refractivity contribution in [3.8, 4) is 5.75 Å². The number of aryl methyl sites for hydroxylation is 3. The van der Waals surface area contributed by atoms with Crippen molar-refractivity contribution in [1.82, 2.24) is 4.57 Å². The Balaban J connectivity index is 1.68. The van der Waals surface area contributed by atoms with Gasteiger partial charge in [-0.25, -0.2) is 0 Å². The predicted octanol–water partition coefficient (Wildman–Crippen LogP) is 4.48. The Morgan fingerprint density at radius 2 is 1.66 bits per heavy atom. The van der Waals surface area contributed by atoms with E-state index in [4.69, 9.17) is 4.74 Å². The van der Waals surface area contributed by atoms with Gasteiger partial charge in [0.25, 0.3) is 0 Å². The fraction of sp³-hybridized carbons (Fsp3) is 0.360. The number of benzene rings is 1. The van der Waals surface area contributed by atoms with Gasteiger partial charge in [-0.15, -0.1) is 0 Å². The third-order valence-corrected chi connectivity index (χ3v) is 5.48. The third-order valence-electron chi connectivity index (χ3n) is 5.48. The minimum atomic E-state index is 0.155. The van der Waals surface area contributed by atoms with Gasteiger partial charge >= 0.3 is 0 Å². The molecule has 0 fully saturated rings. The highest BCUT2D eigenvalue weighted by molar-refractivity contribution is 5.96. The molecular weight excluding hydrogens is 360 g/mol. The van der Waals surface area contributed by atoms with Crippen LogP contribution in [0.3, 0.4) is 0 Å². The lowest BCUT2D eigenvalue weighted by Gasteiger charge is -2.10. The van der Waals surface area contributed by atoms with Gasteiger partial charge in [-0.05, 0) is 56.0 Å². The van der Waals surface area contributed by atoms with E-state index in [1.807, 2.05) is 42.1 Å². The maximum absolute atomic E-state index is 12.9. The lowest BCUT2D eigenvalue weighted by atomic mass is 10.1. The molecule has 0 saturated carbocycles. The summed E-state index contributed by atoms with van der Waals surface area (Å²) in [6.07, 6.45) is 7.13. The quantitative estimate of drug-likeness (QED) is 0.398. The fourth-order valence-electron chi connectivity index (χ4n) is 3.76. The third kappa shape index (κ3) is 5.14. The van der Waals surface area contributed by atoms with Gasteiger partial charge in [0.05, 0.1) is 7.11 Å². The standard InChI is InChI=1S/C25H31N2O2/c1-5-6-21-11-14-26(15-12-21)18-25(28)24-17-19(2)27(20(24)3)16-13-22-7-9-23(29-4)10-8-22/h7-12,14-15,17H,5-6,13,16,18H2,1-4H3/q+1. The maximum atomic E-state index is 12.9. The second-order valence-electron chi connectivity index (χ2n) is 7.59. The van der Waals surface area contributed by atoms with Crippen molar-refractivity contribution in [2.45, 2.75) is 53.1 Å². The first-order chi connectivity index (χ1) is 14.0. The summed E-state index contributed by atoms with van der Waals surface area (Å²) in [6.45, 7) is 7.52. The van der Waals surface area contributed by atoms with E-state index in [0.717, 1.165) is 48.5 Å². The maximum Gasteiger partial charge on any atom is 0.229 e. The van der Waals surface area contributed by atoms with Crippen LogP contribution in [0.25, 0.3) is 0 Å². The van der Waals surface area contributed by atoms with Crippen LogP contribution in [0.5, 0.6) is 5.75 Å². The highest BCUT2D eigenvalue weighted by Gasteiger charge is 2.19. The number of pyridine rings is 1. The highest BCUT2D eigenvalue weighted by atomic mass is 16.5. The minimum Gasteiger partial charge on any atom is -0.497 e. The summed E-state index contributed by atoms with van der Waals surface area (Å²) in [5.41, 5.74) is 5.57. The Morgan fingerprint density at radius 1 is 1.00 bits per heavy atom. The second-order valence-corrected chi connectivity index (χ2v) is 7.59. The number of hydrogen-bond donors (Lipinski definition) is 0. The molecular formula is C25H31N2O2+. The van der Waals surface area contributed by atoms with Gasteiger partial charge in [0.1, 0.15) is 5.75 Å². The molecule has 4 nitrogen and oxygen atoms in total. The molecule has 0 aliphatic carbocycles. The van der Waals surface area contributed by atoms with Gasteiger partial charge in [-0.2, -0.15) is 4.57 Å². The van der Waals surface area contributed by atoms with Gasteiger partial charge in [0, 0.05) is 35.6 Å². The van der Waals surface area contributed by atoms with E-state index >= 15 is 0 Å². The van der Waals surface area contributed by atoms with Crippen LogP contribution in [0.2, 0.25) is 0 Å². The molecule has 29 heavy (non-hydrogen) atoms. The zero-order valence-corrected chi connectivity index (χ0v) is 17.9. The van der Waals surface area contributed by atoms with Crippen LogP contribution in [0.15, 0.2) is 54.9 Å². The lowest BCUT2D eigenvalue weighted by Crippen LogP contribution is -2.37. The van der Waals surface area contributed by atoms with E-state index < -0.39 is 0 Å².